The van der Waals surface area contributed by atoms with E-state index in [1.54, 1.807) is 0 Å². The smallest absolute Gasteiger partial charge is 0.330 e. The average molecular weight is 282 g/mol. The Hall–Kier alpha value is -0.450. The van der Waals surface area contributed by atoms with Gasteiger partial charge >= 0.3 is 10.7 Å². The molecule has 0 atom stereocenters. The summed E-state index contributed by atoms with van der Waals surface area (Å²) in [7, 11) is 0. The van der Waals surface area contributed by atoms with E-state index in [1.807, 2.05) is 0 Å². The van der Waals surface area contributed by atoms with Crippen molar-refractivity contribution >= 4 is 21.8 Å². The van der Waals surface area contributed by atoms with E-state index in [-0.39, 0.29) is 12.6 Å². The molecule has 0 spiro atoms. The fourth-order valence-electron chi connectivity index (χ4n) is 1.92. The summed E-state index contributed by atoms with van der Waals surface area (Å²) >= 11 is 2.10. The maximum atomic E-state index is 12.8. The zero-order valence-electron chi connectivity index (χ0n) is 8.39. The molecular formula is C10H14BrF2NO. The van der Waals surface area contributed by atoms with Crippen LogP contribution >= 0.6 is 15.9 Å². The lowest BCUT2D eigenvalue weighted by atomic mass is 10.2. The molecule has 2 nitrogen and oxygen atoms in total. The van der Waals surface area contributed by atoms with Crippen molar-refractivity contribution in [3.05, 3.63) is 12.7 Å². The molecule has 1 aliphatic carbocycles. The Morgan fingerprint density at radius 2 is 2.07 bits per heavy atom. The summed E-state index contributed by atoms with van der Waals surface area (Å²) in [6.45, 7) is 3.67. The first-order valence-corrected chi connectivity index (χ1v) is 5.75. The van der Waals surface area contributed by atoms with Gasteiger partial charge < -0.3 is 4.90 Å². The van der Waals surface area contributed by atoms with E-state index in [1.165, 1.54) is 11.0 Å². The average Bonchev–Trinajstić information content (AvgIpc) is 2.64. The first kappa shape index (κ1) is 12.6. The summed E-state index contributed by atoms with van der Waals surface area (Å²) in [5, 5.41) is 0. The molecule has 1 fully saturated rings. The van der Waals surface area contributed by atoms with Crippen molar-refractivity contribution in [2.75, 3.05) is 6.54 Å². The van der Waals surface area contributed by atoms with Crippen molar-refractivity contribution in [3.63, 3.8) is 0 Å². The predicted octanol–water partition coefficient (Wildman–Crippen LogP) is 2.93. The molecule has 1 aliphatic rings. The number of hydrogen-bond donors (Lipinski definition) is 0. The summed E-state index contributed by atoms with van der Waals surface area (Å²) in [6, 6.07) is -0.0566. The van der Waals surface area contributed by atoms with Gasteiger partial charge in [-0.2, -0.15) is 8.78 Å². The number of carbonyl (C=O) groups is 1. The molecule has 0 bridgehead atoms. The predicted molar refractivity (Wildman–Crippen MR) is 58.0 cm³/mol. The van der Waals surface area contributed by atoms with E-state index in [4.69, 9.17) is 0 Å². The second-order valence-electron chi connectivity index (χ2n) is 3.68. The van der Waals surface area contributed by atoms with Gasteiger partial charge in [0.05, 0.1) is 0 Å². The van der Waals surface area contributed by atoms with E-state index >= 15 is 0 Å². The SMILES string of the molecule is C=CCN(C(=O)C(F)(F)Br)C1CCCC1. The van der Waals surface area contributed by atoms with Crippen molar-refractivity contribution < 1.29 is 13.6 Å². The normalized spacial score (nSPS) is 17.8. The summed E-state index contributed by atoms with van der Waals surface area (Å²) in [4.78, 5) is 9.18. The molecule has 0 saturated heterocycles. The molecular weight excluding hydrogens is 268 g/mol. The van der Waals surface area contributed by atoms with Crippen LogP contribution in [-0.2, 0) is 4.79 Å². The molecule has 0 aromatic rings. The number of hydrogen-bond acceptors (Lipinski definition) is 1. The quantitative estimate of drug-likeness (QED) is 0.573. The fourth-order valence-corrected chi connectivity index (χ4v) is 2.14. The van der Waals surface area contributed by atoms with Crippen LogP contribution in [0.15, 0.2) is 12.7 Å². The molecule has 1 saturated carbocycles. The Kier molecular flexibility index (Phi) is 4.25. The second kappa shape index (κ2) is 5.05. The number of rotatable bonds is 4. The molecule has 15 heavy (non-hydrogen) atoms. The minimum atomic E-state index is -3.46. The monoisotopic (exact) mass is 281 g/mol. The summed E-state index contributed by atoms with van der Waals surface area (Å²) in [5.41, 5.74) is 0. The summed E-state index contributed by atoms with van der Waals surface area (Å²) in [5.74, 6) is -1.16. The zero-order valence-corrected chi connectivity index (χ0v) is 9.97. The Balaban J connectivity index is 2.72. The van der Waals surface area contributed by atoms with Gasteiger partial charge in [0.1, 0.15) is 0 Å². The standard InChI is InChI=1S/C10H14BrF2NO/c1-2-7-14(8-5-3-4-6-8)9(15)10(11,12)13/h2,8H,1,3-7H2. The van der Waals surface area contributed by atoms with Gasteiger partial charge in [0.2, 0.25) is 0 Å². The highest BCUT2D eigenvalue weighted by Gasteiger charge is 2.41. The minimum absolute atomic E-state index is 0.0566. The van der Waals surface area contributed by atoms with Crippen LogP contribution in [-0.4, -0.2) is 28.2 Å². The lowest BCUT2D eigenvalue weighted by molar-refractivity contribution is -0.147. The molecule has 0 aromatic carbocycles. The van der Waals surface area contributed by atoms with Crippen molar-refractivity contribution in [2.45, 2.75) is 36.6 Å². The van der Waals surface area contributed by atoms with Crippen LogP contribution in [0.25, 0.3) is 0 Å². The maximum absolute atomic E-state index is 12.8. The van der Waals surface area contributed by atoms with Crippen LogP contribution in [0.3, 0.4) is 0 Å². The van der Waals surface area contributed by atoms with Crippen LogP contribution in [0.4, 0.5) is 8.78 Å². The highest BCUT2D eigenvalue weighted by atomic mass is 79.9. The second-order valence-corrected chi connectivity index (χ2v) is 4.68. The van der Waals surface area contributed by atoms with Gasteiger partial charge in [0, 0.05) is 28.5 Å². The van der Waals surface area contributed by atoms with Crippen molar-refractivity contribution in [3.8, 4) is 0 Å². The molecule has 1 amide bonds. The Morgan fingerprint density at radius 1 is 1.53 bits per heavy atom. The fraction of sp³-hybridized carbons (Fsp3) is 0.700. The number of halogens is 3. The van der Waals surface area contributed by atoms with Crippen LogP contribution in [0.5, 0.6) is 0 Å². The van der Waals surface area contributed by atoms with E-state index < -0.39 is 10.7 Å². The van der Waals surface area contributed by atoms with E-state index in [2.05, 4.69) is 22.5 Å². The number of nitrogens with zero attached hydrogens (tertiary/aromatic N) is 1. The van der Waals surface area contributed by atoms with E-state index in [0.717, 1.165) is 25.7 Å². The molecule has 0 radical (unpaired) electrons. The largest absolute Gasteiger partial charge is 0.377 e. The number of amides is 1. The number of alkyl halides is 3. The molecule has 0 unspecified atom stereocenters. The maximum Gasteiger partial charge on any atom is 0.377 e. The van der Waals surface area contributed by atoms with E-state index in [0.29, 0.717) is 0 Å². The first-order valence-electron chi connectivity index (χ1n) is 4.95. The van der Waals surface area contributed by atoms with Gasteiger partial charge in [-0.1, -0.05) is 18.9 Å². The van der Waals surface area contributed by atoms with Crippen LogP contribution in [0, 0.1) is 0 Å². The van der Waals surface area contributed by atoms with Gasteiger partial charge in [-0.15, -0.1) is 6.58 Å². The van der Waals surface area contributed by atoms with Gasteiger partial charge in [-0.3, -0.25) is 4.79 Å². The summed E-state index contributed by atoms with van der Waals surface area (Å²) < 4.78 is 25.7. The third-order valence-electron chi connectivity index (χ3n) is 2.59. The zero-order chi connectivity index (χ0) is 11.5. The van der Waals surface area contributed by atoms with E-state index in [9.17, 15) is 13.6 Å². The number of carbonyl (C=O) groups excluding carboxylic acids is 1. The topological polar surface area (TPSA) is 20.3 Å². The van der Waals surface area contributed by atoms with Crippen LogP contribution < -0.4 is 0 Å². The molecule has 0 aliphatic heterocycles. The van der Waals surface area contributed by atoms with Crippen molar-refractivity contribution in [2.24, 2.45) is 0 Å². The Bertz CT molecular complexity index is 246. The Labute approximate surface area is 96.4 Å². The minimum Gasteiger partial charge on any atom is -0.330 e. The Morgan fingerprint density at radius 3 is 2.47 bits per heavy atom. The van der Waals surface area contributed by atoms with Crippen molar-refractivity contribution in [1.82, 2.24) is 4.90 Å². The van der Waals surface area contributed by atoms with Gasteiger partial charge in [-0.25, -0.2) is 0 Å². The molecule has 0 N–H and O–H groups in total. The van der Waals surface area contributed by atoms with Gasteiger partial charge in [0.25, 0.3) is 0 Å². The molecule has 0 heterocycles. The van der Waals surface area contributed by atoms with Gasteiger partial charge in [-0.05, 0) is 12.8 Å². The lowest BCUT2D eigenvalue weighted by Gasteiger charge is -2.29. The third kappa shape index (κ3) is 3.26. The first-order chi connectivity index (χ1) is 6.96. The highest BCUT2D eigenvalue weighted by molar-refractivity contribution is 9.10. The van der Waals surface area contributed by atoms with Crippen LogP contribution in [0.1, 0.15) is 25.7 Å². The highest BCUT2D eigenvalue weighted by Crippen LogP contribution is 2.30. The third-order valence-corrected chi connectivity index (χ3v) is 2.93. The lowest BCUT2D eigenvalue weighted by Crippen LogP contribution is -2.45. The van der Waals surface area contributed by atoms with Gasteiger partial charge in [0.15, 0.2) is 0 Å². The molecule has 5 heteroatoms. The van der Waals surface area contributed by atoms with Crippen molar-refractivity contribution in [1.29, 1.82) is 0 Å². The summed E-state index contributed by atoms with van der Waals surface area (Å²) in [6.07, 6.45) is 5.10. The molecule has 0 aromatic heterocycles. The molecule has 1 rings (SSSR count). The molecule has 86 valence electrons. The van der Waals surface area contributed by atoms with Crippen LogP contribution in [0.2, 0.25) is 0 Å².